The molecule has 0 saturated carbocycles. The Hall–Kier alpha value is -1.92. The van der Waals surface area contributed by atoms with E-state index in [0.717, 1.165) is 5.56 Å². The molecule has 3 nitrogen and oxygen atoms in total. The summed E-state index contributed by atoms with van der Waals surface area (Å²) in [6.45, 7) is 1.86. The van der Waals surface area contributed by atoms with Crippen LogP contribution in [-0.4, -0.2) is 18.0 Å². The number of ether oxygens (including phenoxy) is 1. The molecule has 0 aromatic heterocycles. The van der Waals surface area contributed by atoms with Crippen molar-refractivity contribution in [2.45, 2.75) is 25.6 Å². The summed E-state index contributed by atoms with van der Waals surface area (Å²) in [5.74, 6) is -0.708. The van der Waals surface area contributed by atoms with Crippen molar-refractivity contribution in [3.05, 3.63) is 42.0 Å². The topological polar surface area (TPSA) is 50.1 Å². The summed E-state index contributed by atoms with van der Waals surface area (Å²) in [7, 11) is 0. The summed E-state index contributed by atoms with van der Waals surface area (Å²) in [4.78, 5) is 11.7. The quantitative estimate of drug-likeness (QED) is 0.799. The Morgan fingerprint density at radius 3 is 2.78 bits per heavy atom. The Balaban J connectivity index is 2.14. The maximum Gasteiger partial charge on any atom is 0.155 e. The third-order valence-electron chi connectivity index (χ3n) is 2.97. The highest BCUT2D eigenvalue weighted by Gasteiger charge is 2.34. The number of nitrogens with zero attached hydrogens (tertiary/aromatic N) is 1. The van der Waals surface area contributed by atoms with Crippen molar-refractivity contribution < 1.29 is 9.53 Å². The molecule has 0 N–H and O–H groups in total. The molecule has 0 bridgehead atoms. The monoisotopic (exact) mass is 241 g/mol. The average Bonchev–Trinajstić information content (AvgIpc) is 2.37. The van der Waals surface area contributed by atoms with Crippen molar-refractivity contribution in [3.63, 3.8) is 0 Å². The highest BCUT2D eigenvalue weighted by Crippen LogP contribution is 2.23. The molecule has 0 amide bonds. The van der Waals surface area contributed by atoms with Gasteiger partial charge in [-0.1, -0.05) is 42.5 Å². The van der Waals surface area contributed by atoms with Gasteiger partial charge in [-0.15, -0.1) is 0 Å². The van der Waals surface area contributed by atoms with Gasteiger partial charge in [-0.3, -0.25) is 4.79 Å². The lowest BCUT2D eigenvalue weighted by molar-refractivity contribution is -0.136. The molecule has 0 aliphatic carbocycles. The second-order valence-corrected chi connectivity index (χ2v) is 4.46. The Morgan fingerprint density at radius 1 is 1.39 bits per heavy atom. The Labute approximate surface area is 107 Å². The van der Waals surface area contributed by atoms with Gasteiger partial charge < -0.3 is 4.74 Å². The third kappa shape index (κ3) is 2.85. The van der Waals surface area contributed by atoms with E-state index in [2.05, 4.69) is 0 Å². The lowest BCUT2D eigenvalue weighted by atomic mass is 9.91. The lowest BCUT2D eigenvalue weighted by Gasteiger charge is -2.28. The van der Waals surface area contributed by atoms with Gasteiger partial charge in [-0.25, -0.2) is 0 Å². The van der Waals surface area contributed by atoms with Gasteiger partial charge in [0.05, 0.1) is 18.3 Å². The Kier molecular flexibility index (Phi) is 3.91. The zero-order chi connectivity index (χ0) is 13.0. The number of ketones is 1. The summed E-state index contributed by atoms with van der Waals surface area (Å²) >= 11 is 0. The molecule has 0 radical (unpaired) electrons. The first-order valence-electron chi connectivity index (χ1n) is 6.01. The fraction of sp³-hybridized carbons (Fsp3) is 0.333. The van der Waals surface area contributed by atoms with Crippen molar-refractivity contribution in [2.24, 2.45) is 5.92 Å². The van der Waals surface area contributed by atoms with Crippen LogP contribution in [-0.2, 0) is 9.53 Å². The van der Waals surface area contributed by atoms with Crippen LogP contribution < -0.4 is 0 Å². The van der Waals surface area contributed by atoms with Gasteiger partial charge in [0.15, 0.2) is 5.78 Å². The summed E-state index contributed by atoms with van der Waals surface area (Å²) in [5.41, 5.74) is 1.03. The first kappa shape index (κ1) is 12.5. The van der Waals surface area contributed by atoms with E-state index in [9.17, 15) is 4.79 Å². The highest BCUT2D eigenvalue weighted by molar-refractivity contribution is 5.85. The van der Waals surface area contributed by atoms with Crippen molar-refractivity contribution in [3.8, 4) is 6.07 Å². The molecule has 3 unspecified atom stereocenters. The molecule has 1 aromatic rings. The number of hydrogen-bond donors (Lipinski definition) is 0. The van der Waals surface area contributed by atoms with E-state index < -0.39 is 12.0 Å². The Bertz CT molecular complexity index is 487. The summed E-state index contributed by atoms with van der Waals surface area (Å²) in [6, 6.07) is 11.8. The smallest absolute Gasteiger partial charge is 0.155 e. The molecule has 1 aromatic carbocycles. The number of benzene rings is 1. The predicted molar refractivity (Wildman–Crippen MR) is 68.5 cm³/mol. The van der Waals surface area contributed by atoms with Gasteiger partial charge in [-0.05, 0) is 12.5 Å². The van der Waals surface area contributed by atoms with Crippen LogP contribution in [0.15, 0.2) is 36.4 Å². The maximum atomic E-state index is 11.7. The second-order valence-electron chi connectivity index (χ2n) is 4.46. The van der Waals surface area contributed by atoms with Crippen LogP contribution in [0.3, 0.4) is 0 Å². The van der Waals surface area contributed by atoms with Gasteiger partial charge in [-0.2, -0.15) is 5.26 Å². The minimum Gasteiger partial charge on any atom is -0.369 e. The van der Waals surface area contributed by atoms with Gasteiger partial charge in [0.25, 0.3) is 0 Å². The van der Waals surface area contributed by atoms with Crippen LogP contribution in [0.1, 0.15) is 18.9 Å². The van der Waals surface area contributed by atoms with E-state index in [1.54, 1.807) is 6.08 Å². The highest BCUT2D eigenvalue weighted by atomic mass is 16.5. The van der Waals surface area contributed by atoms with E-state index in [4.69, 9.17) is 10.00 Å². The summed E-state index contributed by atoms with van der Waals surface area (Å²) in [5, 5.41) is 9.03. The van der Waals surface area contributed by atoms with Crippen LogP contribution in [0.5, 0.6) is 0 Å². The van der Waals surface area contributed by atoms with Crippen molar-refractivity contribution in [1.29, 1.82) is 5.26 Å². The molecule has 1 fully saturated rings. The summed E-state index contributed by atoms with van der Waals surface area (Å²) in [6.07, 6.45) is 3.46. The van der Waals surface area contributed by atoms with Gasteiger partial charge in [0.1, 0.15) is 5.92 Å². The molecule has 1 aliphatic rings. The molecular formula is C15H15NO2. The molecule has 0 spiro atoms. The summed E-state index contributed by atoms with van der Waals surface area (Å²) < 4.78 is 5.65. The maximum absolute atomic E-state index is 11.7. The molecule has 92 valence electrons. The SMILES string of the molecule is CC1CC(=O)C(C#N)C(/C=C/c2ccccc2)O1. The van der Waals surface area contributed by atoms with E-state index in [-0.39, 0.29) is 11.9 Å². The van der Waals surface area contributed by atoms with Crippen molar-refractivity contribution >= 4 is 11.9 Å². The average molecular weight is 241 g/mol. The van der Waals surface area contributed by atoms with Crippen LogP contribution in [0.2, 0.25) is 0 Å². The molecule has 2 rings (SSSR count). The van der Waals surface area contributed by atoms with E-state index in [0.29, 0.717) is 6.42 Å². The number of nitriles is 1. The van der Waals surface area contributed by atoms with Crippen LogP contribution in [0.25, 0.3) is 6.08 Å². The lowest BCUT2D eigenvalue weighted by Crippen LogP contribution is -2.38. The van der Waals surface area contributed by atoms with Crippen molar-refractivity contribution in [2.75, 3.05) is 0 Å². The number of rotatable bonds is 2. The van der Waals surface area contributed by atoms with E-state index in [1.807, 2.05) is 49.4 Å². The van der Waals surface area contributed by atoms with E-state index in [1.165, 1.54) is 0 Å². The van der Waals surface area contributed by atoms with Gasteiger partial charge in [0.2, 0.25) is 0 Å². The molecule has 1 saturated heterocycles. The zero-order valence-corrected chi connectivity index (χ0v) is 10.2. The zero-order valence-electron chi connectivity index (χ0n) is 10.2. The number of carbonyl (C=O) groups excluding carboxylic acids is 1. The second kappa shape index (κ2) is 5.61. The first-order valence-corrected chi connectivity index (χ1v) is 6.01. The van der Waals surface area contributed by atoms with Crippen molar-refractivity contribution in [1.82, 2.24) is 0 Å². The molecule has 1 aliphatic heterocycles. The third-order valence-corrected chi connectivity index (χ3v) is 2.97. The minimum atomic E-state index is -0.679. The van der Waals surface area contributed by atoms with Gasteiger partial charge >= 0.3 is 0 Å². The Morgan fingerprint density at radius 2 is 2.11 bits per heavy atom. The minimum absolute atomic E-state index is 0.0287. The van der Waals surface area contributed by atoms with E-state index >= 15 is 0 Å². The number of carbonyl (C=O) groups is 1. The fourth-order valence-electron chi connectivity index (χ4n) is 2.06. The number of Topliss-reactive ketones (excluding diaryl/α,β-unsaturated/α-hetero) is 1. The predicted octanol–water partition coefficient (Wildman–Crippen LogP) is 2.59. The molecule has 18 heavy (non-hydrogen) atoms. The normalized spacial score (nSPS) is 28.2. The van der Waals surface area contributed by atoms with Crippen LogP contribution >= 0.6 is 0 Å². The standard InChI is InChI=1S/C15H15NO2/c1-11-9-14(17)13(10-16)15(18-11)8-7-12-5-3-2-4-6-12/h2-8,11,13,15H,9H2,1H3/b8-7+. The molecule has 3 atom stereocenters. The fourth-order valence-corrected chi connectivity index (χ4v) is 2.06. The largest absolute Gasteiger partial charge is 0.369 e. The van der Waals surface area contributed by atoms with Crippen LogP contribution in [0, 0.1) is 17.2 Å². The molecular weight excluding hydrogens is 226 g/mol. The van der Waals surface area contributed by atoms with Gasteiger partial charge in [0, 0.05) is 6.42 Å². The molecule has 3 heteroatoms. The number of hydrogen-bond acceptors (Lipinski definition) is 3. The molecule has 1 heterocycles. The first-order chi connectivity index (χ1) is 8.70. The van der Waals surface area contributed by atoms with Crippen LogP contribution in [0.4, 0.5) is 0 Å².